The van der Waals surface area contributed by atoms with Crippen LogP contribution < -0.4 is 14.8 Å². The Bertz CT molecular complexity index is 596. The first-order valence-electron chi connectivity index (χ1n) is 7.40. The van der Waals surface area contributed by atoms with Crippen molar-refractivity contribution < 1.29 is 14.3 Å². The van der Waals surface area contributed by atoms with E-state index in [0.29, 0.717) is 37.7 Å². The van der Waals surface area contributed by atoms with E-state index in [2.05, 4.69) is 5.32 Å². The molecule has 0 saturated heterocycles. The van der Waals surface area contributed by atoms with Crippen LogP contribution in [0.4, 0.5) is 0 Å². The Morgan fingerprint density at radius 3 is 2.59 bits per heavy atom. The minimum absolute atomic E-state index is 0.00000774. The van der Waals surface area contributed by atoms with E-state index >= 15 is 0 Å². The Balaban J connectivity index is 1.96. The maximum Gasteiger partial charge on any atom is 0.224 e. The molecule has 2 aromatic rings. The summed E-state index contributed by atoms with van der Waals surface area (Å²) in [6, 6.07) is 9.62. The van der Waals surface area contributed by atoms with Crippen LogP contribution in [0, 0.1) is 0 Å². The largest absolute Gasteiger partial charge is 0.490 e. The molecule has 0 radical (unpaired) electrons. The smallest absolute Gasteiger partial charge is 0.224 e. The van der Waals surface area contributed by atoms with Crippen LogP contribution in [-0.2, 0) is 17.8 Å². The molecule has 1 heterocycles. The number of hydrogen-bond donors (Lipinski definition) is 1. The van der Waals surface area contributed by atoms with Crippen LogP contribution in [0.2, 0.25) is 0 Å². The highest BCUT2D eigenvalue weighted by molar-refractivity contribution is 7.09. The molecule has 0 spiro atoms. The number of ether oxygens (including phenoxy) is 2. The number of amides is 1. The fourth-order valence-electron chi connectivity index (χ4n) is 2.05. The lowest BCUT2D eigenvalue weighted by molar-refractivity contribution is -0.120. The molecule has 1 N–H and O–H groups in total. The normalized spacial score (nSPS) is 10.3. The van der Waals surface area contributed by atoms with E-state index in [9.17, 15) is 4.79 Å². The predicted molar refractivity (Wildman–Crippen MR) is 88.6 cm³/mol. The monoisotopic (exact) mass is 319 g/mol. The lowest BCUT2D eigenvalue weighted by Gasteiger charge is -2.12. The topological polar surface area (TPSA) is 47.6 Å². The summed E-state index contributed by atoms with van der Waals surface area (Å²) in [7, 11) is 0. The molecule has 0 atom stereocenters. The molecule has 0 bridgehead atoms. The van der Waals surface area contributed by atoms with E-state index in [4.69, 9.17) is 9.47 Å². The summed E-state index contributed by atoms with van der Waals surface area (Å²) >= 11 is 1.64. The quantitative estimate of drug-likeness (QED) is 0.811. The first-order valence-corrected chi connectivity index (χ1v) is 8.28. The van der Waals surface area contributed by atoms with Crippen molar-refractivity contribution in [2.45, 2.75) is 26.8 Å². The first kappa shape index (κ1) is 16.4. The number of nitrogens with one attached hydrogen (secondary N) is 1. The summed E-state index contributed by atoms with van der Waals surface area (Å²) in [5.74, 6) is 1.40. The average molecular weight is 319 g/mol. The number of carbonyl (C=O) groups excluding carboxylic acids is 1. The van der Waals surface area contributed by atoms with Crippen LogP contribution in [0.1, 0.15) is 24.3 Å². The Kier molecular flexibility index (Phi) is 6.27. The van der Waals surface area contributed by atoms with Gasteiger partial charge in [-0.1, -0.05) is 12.1 Å². The molecule has 4 nitrogen and oxygen atoms in total. The molecule has 0 fully saturated rings. The van der Waals surface area contributed by atoms with Crippen molar-refractivity contribution in [3.8, 4) is 11.5 Å². The van der Waals surface area contributed by atoms with Crippen LogP contribution in [0.25, 0.3) is 0 Å². The van der Waals surface area contributed by atoms with Gasteiger partial charge in [0.25, 0.3) is 0 Å². The molecule has 0 aliphatic rings. The maximum absolute atomic E-state index is 12.0. The molecular formula is C17H21NO3S. The zero-order chi connectivity index (χ0) is 15.8. The fraction of sp³-hybridized carbons (Fsp3) is 0.353. The summed E-state index contributed by atoms with van der Waals surface area (Å²) in [4.78, 5) is 13.2. The third-order valence-electron chi connectivity index (χ3n) is 3.01. The number of carbonyl (C=O) groups is 1. The third kappa shape index (κ3) is 4.77. The summed E-state index contributed by atoms with van der Waals surface area (Å²) < 4.78 is 11.1. The van der Waals surface area contributed by atoms with Crippen molar-refractivity contribution in [1.82, 2.24) is 5.32 Å². The second-order valence-electron chi connectivity index (χ2n) is 4.68. The molecule has 1 amide bonds. The van der Waals surface area contributed by atoms with Gasteiger partial charge in [0.2, 0.25) is 5.91 Å². The van der Waals surface area contributed by atoms with Gasteiger partial charge in [-0.25, -0.2) is 0 Å². The third-order valence-corrected chi connectivity index (χ3v) is 3.89. The van der Waals surface area contributed by atoms with Crippen LogP contribution >= 0.6 is 11.3 Å². The molecule has 0 aliphatic heterocycles. The summed E-state index contributed by atoms with van der Waals surface area (Å²) in [6.07, 6.45) is 0.331. The molecule has 1 aromatic carbocycles. The maximum atomic E-state index is 12.0. The van der Waals surface area contributed by atoms with Gasteiger partial charge in [0.15, 0.2) is 11.5 Å². The van der Waals surface area contributed by atoms with Crippen LogP contribution in [0.15, 0.2) is 35.7 Å². The molecule has 2 rings (SSSR count). The Labute approximate surface area is 135 Å². The molecule has 0 aliphatic carbocycles. The summed E-state index contributed by atoms with van der Waals surface area (Å²) in [5, 5.41) is 4.93. The number of rotatable bonds is 8. The van der Waals surface area contributed by atoms with Gasteiger partial charge >= 0.3 is 0 Å². The van der Waals surface area contributed by atoms with Gasteiger partial charge < -0.3 is 14.8 Å². The Morgan fingerprint density at radius 2 is 1.91 bits per heavy atom. The van der Waals surface area contributed by atoms with Gasteiger partial charge in [-0.15, -0.1) is 11.3 Å². The average Bonchev–Trinajstić information content (AvgIpc) is 3.02. The minimum Gasteiger partial charge on any atom is -0.490 e. The molecule has 0 unspecified atom stereocenters. The number of hydrogen-bond acceptors (Lipinski definition) is 4. The molecule has 0 saturated carbocycles. The number of thiophene rings is 1. The minimum atomic E-state index is 0.00000774. The number of benzene rings is 1. The summed E-state index contributed by atoms with van der Waals surface area (Å²) in [5.41, 5.74) is 0.913. The van der Waals surface area contributed by atoms with Crippen molar-refractivity contribution in [3.63, 3.8) is 0 Å². The van der Waals surface area contributed by atoms with Gasteiger partial charge in [-0.05, 0) is 43.0 Å². The molecule has 118 valence electrons. The van der Waals surface area contributed by atoms with Gasteiger partial charge in [-0.3, -0.25) is 4.79 Å². The Morgan fingerprint density at radius 1 is 1.14 bits per heavy atom. The second kappa shape index (κ2) is 8.44. The predicted octanol–water partition coefficient (Wildman–Crippen LogP) is 3.40. The van der Waals surface area contributed by atoms with Crippen molar-refractivity contribution in [2.24, 2.45) is 0 Å². The summed E-state index contributed by atoms with van der Waals surface area (Å²) in [6.45, 7) is 5.58. The fourth-order valence-corrected chi connectivity index (χ4v) is 2.70. The SMILES string of the molecule is CCOc1ccc(CC(=O)NCc2cccs2)cc1OCC. The van der Waals surface area contributed by atoms with Gasteiger partial charge in [0.1, 0.15) is 0 Å². The lowest BCUT2D eigenvalue weighted by atomic mass is 10.1. The molecule has 1 aromatic heterocycles. The van der Waals surface area contributed by atoms with Crippen molar-refractivity contribution in [2.75, 3.05) is 13.2 Å². The van der Waals surface area contributed by atoms with Gasteiger partial charge in [0.05, 0.1) is 26.2 Å². The van der Waals surface area contributed by atoms with E-state index in [1.807, 2.05) is 49.6 Å². The van der Waals surface area contributed by atoms with Crippen molar-refractivity contribution >= 4 is 17.2 Å². The van der Waals surface area contributed by atoms with Crippen molar-refractivity contribution in [3.05, 3.63) is 46.2 Å². The lowest BCUT2D eigenvalue weighted by Crippen LogP contribution is -2.24. The van der Waals surface area contributed by atoms with Crippen molar-refractivity contribution in [1.29, 1.82) is 0 Å². The zero-order valence-electron chi connectivity index (χ0n) is 12.9. The zero-order valence-corrected chi connectivity index (χ0v) is 13.7. The van der Waals surface area contributed by atoms with E-state index in [-0.39, 0.29) is 5.91 Å². The second-order valence-corrected chi connectivity index (χ2v) is 5.71. The molecular weight excluding hydrogens is 298 g/mol. The van der Waals surface area contributed by atoms with Crippen LogP contribution in [0.5, 0.6) is 11.5 Å². The van der Waals surface area contributed by atoms with E-state index in [0.717, 1.165) is 10.4 Å². The van der Waals surface area contributed by atoms with E-state index < -0.39 is 0 Å². The van der Waals surface area contributed by atoms with Gasteiger partial charge in [-0.2, -0.15) is 0 Å². The highest BCUT2D eigenvalue weighted by Crippen LogP contribution is 2.28. The molecule has 5 heteroatoms. The van der Waals surface area contributed by atoms with Gasteiger partial charge in [0, 0.05) is 4.88 Å². The Hall–Kier alpha value is -2.01. The van der Waals surface area contributed by atoms with E-state index in [1.165, 1.54) is 0 Å². The van der Waals surface area contributed by atoms with Crippen LogP contribution in [-0.4, -0.2) is 19.1 Å². The van der Waals surface area contributed by atoms with E-state index in [1.54, 1.807) is 11.3 Å². The first-order chi connectivity index (χ1) is 10.7. The highest BCUT2D eigenvalue weighted by Gasteiger charge is 2.09. The highest BCUT2D eigenvalue weighted by atomic mass is 32.1. The molecule has 22 heavy (non-hydrogen) atoms. The van der Waals surface area contributed by atoms with Crippen LogP contribution in [0.3, 0.4) is 0 Å². The standard InChI is InChI=1S/C17H21NO3S/c1-3-20-15-8-7-13(10-16(15)21-4-2)11-17(19)18-12-14-6-5-9-22-14/h5-10H,3-4,11-12H2,1-2H3,(H,18,19).